The van der Waals surface area contributed by atoms with Crippen molar-refractivity contribution in [3.63, 3.8) is 0 Å². The number of ether oxygens (including phenoxy) is 2. The van der Waals surface area contributed by atoms with E-state index in [0.717, 1.165) is 19.3 Å². The van der Waals surface area contributed by atoms with Crippen LogP contribution in [0.3, 0.4) is 0 Å². The molecule has 2 atom stereocenters. The van der Waals surface area contributed by atoms with Crippen molar-refractivity contribution < 1.29 is 14.3 Å². The van der Waals surface area contributed by atoms with Crippen molar-refractivity contribution >= 4 is 5.97 Å². The number of epoxide rings is 1. The molecule has 0 bridgehead atoms. The molecule has 0 saturated carbocycles. The first-order chi connectivity index (χ1) is 6.98. The largest absolute Gasteiger partial charge is 0.433 e. The minimum atomic E-state index is -0.337. The van der Waals surface area contributed by atoms with E-state index in [-0.39, 0.29) is 17.7 Å². The Morgan fingerprint density at radius 3 is 2.60 bits per heavy atom. The number of carbonyl (C=O) groups excluding carboxylic acids is 1. The maximum absolute atomic E-state index is 11.9. The van der Waals surface area contributed by atoms with E-state index in [1.54, 1.807) is 0 Å². The Balaban J connectivity index is 2.44. The summed E-state index contributed by atoms with van der Waals surface area (Å²) in [4.78, 5) is 11.9. The smallest absolute Gasteiger partial charge is 0.314 e. The summed E-state index contributed by atoms with van der Waals surface area (Å²) in [5.41, 5.74) is -0.337. The predicted molar refractivity (Wildman–Crippen MR) is 58.3 cm³/mol. The molecule has 1 heterocycles. The molecular formula is C12H22O3. The third-order valence-corrected chi connectivity index (χ3v) is 3.09. The Hall–Kier alpha value is -0.570. The topological polar surface area (TPSA) is 38.8 Å². The van der Waals surface area contributed by atoms with Crippen molar-refractivity contribution in [3.05, 3.63) is 0 Å². The Morgan fingerprint density at radius 1 is 1.60 bits per heavy atom. The lowest BCUT2D eigenvalue weighted by Gasteiger charge is -2.26. The number of hydrogen-bond acceptors (Lipinski definition) is 3. The first-order valence-corrected chi connectivity index (χ1v) is 5.80. The minimum absolute atomic E-state index is 0.104. The summed E-state index contributed by atoms with van der Waals surface area (Å²) in [5, 5.41) is 0. The van der Waals surface area contributed by atoms with Gasteiger partial charge in [-0.25, -0.2) is 0 Å². The van der Waals surface area contributed by atoms with E-state index in [1.165, 1.54) is 0 Å². The van der Waals surface area contributed by atoms with Gasteiger partial charge in [0.05, 0.1) is 5.41 Å². The average molecular weight is 214 g/mol. The van der Waals surface area contributed by atoms with Gasteiger partial charge in [0.15, 0.2) is 0 Å². The monoisotopic (exact) mass is 214 g/mol. The van der Waals surface area contributed by atoms with Gasteiger partial charge in [0, 0.05) is 0 Å². The molecule has 1 aliphatic heterocycles. The van der Waals surface area contributed by atoms with Crippen LogP contribution >= 0.6 is 0 Å². The van der Waals surface area contributed by atoms with Gasteiger partial charge in [0.1, 0.15) is 6.61 Å². The molecule has 0 amide bonds. The van der Waals surface area contributed by atoms with Crippen LogP contribution in [0.15, 0.2) is 0 Å². The zero-order valence-corrected chi connectivity index (χ0v) is 10.2. The minimum Gasteiger partial charge on any atom is -0.433 e. The van der Waals surface area contributed by atoms with E-state index in [2.05, 4.69) is 13.8 Å². The molecule has 2 unspecified atom stereocenters. The summed E-state index contributed by atoms with van der Waals surface area (Å²) < 4.78 is 10.1. The Labute approximate surface area is 92.1 Å². The van der Waals surface area contributed by atoms with Crippen molar-refractivity contribution in [1.29, 1.82) is 0 Å². The average Bonchev–Trinajstić information content (AvgIpc) is 2.97. The van der Waals surface area contributed by atoms with Gasteiger partial charge in [0.2, 0.25) is 6.29 Å². The normalized spacial score (nSPS) is 23.7. The van der Waals surface area contributed by atoms with Crippen LogP contribution in [-0.4, -0.2) is 18.9 Å². The van der Waals surface area contributed by atoms with E-state index in [0.29, 0.717) is 12.5 Å². The van der Waals surface area contributed by atoms with Crippen LogP contribution in [0.4, 0.5) is 0 Å². The lowest BCUT2D eigenvalue weighted by Crippen LogP contribution is -2.30. The van der Waals surface area contributed by atoms with Gasteiger partial charge >= 0.3 is 5.97 Å². The zero-order chi connectivity index (χ0) is 11.5. The first kappa shape index (κ1) is 12.5. The maximum atomic E-state index is 11.9. The fourth-order valence-corrected chi connectivity index (χ4v) is 1.40. The molecule has 0 aromatic heterocycles. The summed E-state index contributed by atoms with van der Waals surface area (Å²) in [6, 6.07) is 0. The summed E-state index contributed by atoms with van der Waals surface area (Å²) in [6.45, 7) is 8.93. The van der Waals surface area contributed by atoms with Gasteiger partial charge < -0.3 is 9.47 Å². The second-order valence-electron chi connectivity index (χ2n) is 5.01. The second kappa shape index (κ2) is 4.97. The number of carbonyl (C=O) groups is 1. The van der Waals surface area contributed by atoms with Crippen LogP contribution in [0.5, 0.6) is 0 Å². The highest BCUT2D eigenvalue weighted by atomic mass is 16.8. The number of rotatable bonds is 6. The molecule has 3 heteroatoms. The summed E-state index contributed by atoms with van der Waals surface area (Å²) in [6.07, 6.45) is 2.52. The SMILES string of the molecule is CCC(C)(CCC(C)C)C(=O)OC1CO1. The molecule has 0 radical (unpaired) electrons. The molecule has 0 aliphatic carbocycles. The van der Waals surface area contributed by atoms with Crippen LogP contribution in [0.2, 0.25) is 0 Å². The van der Waals surface area contributed by atoms with Gasteiger partial charge in [-0.15, -0.1) is 0 Å². The second-order valence-corrected chi connectivity index (χ2v) is 5.01. The summed E-state index contributed by atoms with van der Waals surface area (Å²) >= 11 is 0. The summed E-state index contributed by atoms with van der Waals surface area (Å²) in [7, 11) is 0. The third kappa shape index (κ3) is 3.82. The molecule has 0 spiro atoms. The maximum Gasteiger partial charge on any atom is 0.314 e. The van der Waals surface area contributed by atoms with E-state index in [9.17, 15) is 4.79 Å². The molecule has 0 aromatic carbocycles. The van der Waals surface area contributed by atoms with Crippen molar-refractivity contribution in [2.75, 3.05) is 6.61 Å². The molecular weight excluding hydrogens is 192 g/mol. The first-order valence-electron chi connectivity index (χ1n) is 5.80. The van der Waals surface area contributed by atoms with Crippen molar-refractivity contribution in [3.8, 4) is 0 Å². The Kier molecular flexibility index (Phi) is 4.14. The van der Waals surface area contributed by atoms with Crippen molar-refractivity contribution in [2.24, 2.45) is 11.3 Å². The van der Waals surface area contributed by atoms with E-state index in [1.807, 2.05) is 13.8 Å². The van der Waals surface area contributed by atoms with Gasteiger partial charge in [-0.05, 0) is 32.1 Å². The van der Waals surface area contributed by atoms with Crippen LogP contribution < -0.4 is 0 Å². The molecule has 0 N–H and O–H groups in total. The summed E-state index contributed by atoms with van der Waals surface area (Å²) in [5.74, 6) is 0.522. The molecule has 1 fully saturated rings. The van der Waals surface area contributed by atoms with Crippen LogP contribution in [0.25, 0.3) is 0 Å². The third-order valence-electron chi connectivity index (χ3n) is 3.09. The fourth-order valence-electron chi connectivity index (χ4n) is 1.40. The van der Waals surface area contributed by atoms with Crippen LogP contribution in [0.1, 0.15) is 47.0 Å². The fraction of sp³-hybridized carbons (Fsp3) is 0.917. The van der Waals surface area contributed by atoms with E-state index >= 15 is 0 Å². The van der Waals surface area contributed by atoms with Gasteiger partial charge in [-0.2, -0.15) is 0 Å². The molecule has 3 nitrogen and oxygen atoms in total. The highest BCUT2D eigenvalue weighted by Gasteiger charge is 2.37. The van der Waals surface area contributed by atoms with Gasteiger partial charge in [0.25, 0.3) is 0 Å². The highest BCUT2D eigenvalue weighted by Crippen LogP contribution is 2.32. The molecule has 1 rings (SSSR count). The van der Waals surface area contributed by atoms with E-state index in [4.69, 9.17) is 9.47 Å². The lowest BCUT2D eigenvalue weighted by molar-refractivity contribution is -0.160. The van der Waals surface area contributed by atoms with Crippen LogP contribution in [-0.2, 0) is 14.3 Å². The Bertz CT molecular complexity index is 221. The lowest BCUT2D eigenvalue weighted by atomic mass is 9.81. The van der Waals surface area contributed by atoms with Gasteiger partial charge in [-0.1, -0.05) is 20.8 Å². The molecule has 0 aromatic rings. The highest BCUT2D eigenvalue weighted by molar-refractivity contribution is 5.76. The quantitative estimate of drug-likeness (QED) is 0.504. The number of esters is 1. The Morgan fingerprint density at radius 2 is 2.20 bits per heavy atom. The predicted octanol–water partition coefficient (Wildman–Crippen LogP) is 2.74. The standard InChI is InChI=1S/C12H22O3/c1-5-12(4,7-6-9(2)3)11(13)15-10-8-14-10/h9-10H,5-8H2,1-4H3. The molecule has 15 heavy (non-hydrogen) atoms. The zero-order valence-electron chi connectivity index (χ0n) is 10.2. The van der Waals surface area contributed by atoms with Crippen molar-refractivity contribution in [1.82, 2.24) is 0 Å². The molecule has 88 valence electrons. The molecule has 1 aliphatic rings. The van der Waals surface area contributed by atoms with Gasteiger partial charge in [-0.3, -0.25) is 4.79 Å². The van der Waals surface area contributed by atoms with Crippen molar-refractivity contribution in [2.45, 2.75) is 53.2 Å². The molecule has 1 saturated heterocycles. The van der Waals surface area contributed by atoms with E-state index < -0.39 is 0 Å². The van der Waals surface area contributed by atoms with Crippen LogP contribution in [0, 0.1) is 11.3 Å². The number of hydrogen-bond donors (Lipinski definition) is 0.